The van der Waals surface area contributed by atoms with Gasteiger partial charge in [-0.05, 0) is 48.4 Å². The molecule has 3 aliphatic rings. The van der Waals surface area contributed by atoms with E-state index in [0.29, 0.717) is 49.0 Å². The van der Waals surface area contributed by atoms with Crippen molar-refractivity contribution in [3.8, 4) is 11.5 Å². The first kappa shape index (κ1) is 28.3. The van der Waals surface area contributed by atoms with Gasteiger partial charge in [-0.15, -0.1) is 0 Å². The van der Waals surface area contributed by atoms with Gasteiger partial charge in [0, 0.05) is 68.0 Å². The molecule has 1 amide bonds. The molecule has 0 bridgehead atoms. The van der Waals surface area contributed by atoms with Crippen molar-refractivity contribution < 1.29 is 38.5 Å². The van der Waals surface area contributed by atoms with Crippen LogP contribution in [0.5, 0.6) is 11.5 Å². The predicted molar refractivity (Wildman–Crippen MR) is 140 cm³/mol. The second-order valence-electron chi connectivity index (χ2n) is 9.25. The van der Waals surface area contributed by atoms with E-state index in [-0.39, 0.29) is 18.0 Å². The molecule has 3 aliphatic heterocycles. The lowest BCUT2D eigenvalue weighted by molar-refractivity contribution is -0.134. The highest BCUT2D eigenvalue weighted by Crippen LogP contribution is 2.42. The summed E-state index contributed by atoms with van der Waals surface area (Å²) in [5, 5.41) is 16.3. The number of carbonyl (C=O) groups is 3. The van der Waals surface area contributed by atoms with Crippen LogP contribution in [0.15, 0.2) is 48.6 Å². The minimum atomic E-state index is -1.26. The molecular formula is C27H29ClFN3O7. The zero-order valence-corrected chi connectivity index (χ0v) is 21.8. The average Bonchev–Trinajstić information content (AvgIpc) is 3.25. The molecule has 12 heteroatoms. The van der Waals surface area contributed by atoms with Gasteiger partial charge >= 0.3 is 18.0 Å². The lowest BCUT2D eigenvalue weighted by Crippen LogP contribution is -2.49. The Labute approximate surface area is 229 Å². The van der Waals surface area contributed by atoms with E-state index in [1.807, 2.05) is 18.2 Å². The van der Waals surface area contributed by atoms with Gasteiger partial charge in [-0.25, -0.2) is 18.8 Å². The van der Waals surface area contributed by atoms with Gasteiger partial charge in [-0.3, -0.25) is 9.80 Å². The molecule has 2 fully saturated rings. The van der Waals surface area contributed by atoms with E-state index in [4.69, 9.17) is 31.3 Å². The lowest BCUT2D eigenvalue weighted by atomic mass is 9.96. The molecule has 0 aliphatic carbocycles. The Hall–Kier alpha value is -3.67. The number of ether oxygens (including phenoxy) is 2. The number of rotatable bonds is 6. The van der Waals surface area contributed by atoms with Gasteiger partial charge in [-0.1, -0.05) is 11.6 Å². The number of cyclic esters (lactones) is 1. The fourth-order valence-electron chi connectivity index (χ4n) is 4.77. The summed E-state index contributed by atoms with van der Waals surface area (Å²) in [7, 11) is 0. The second kappa shape index (κ2) is 12.9. The minimum Gasteiger partial charge on any atom is -0.478 e. The van der Waals surface area contributed by atoms with Gasteiger partial charge < -0.3 is 24.6 Å². The number of carbonyl (C=O) groups excluding carboxylic acids is 1. The molecule has 2 saturated heterocycles. The highest BCUT2D eigenvalue weighted by atomic mass is 35.5. The maximum atomic E-state index is 14.2. The summed E-state index contributed by atoms with van der Waals surface area (Å²) < 4.78 is 25.3. The van der Waals surface area contributed by atoms with E-state index in [1.165, 1.54) is 6.07 Å². The summed E-state index contributed by atoms with van der Waals surface area (Å²) in [4.78, 5) is 37.3. The highest BCUT2D eigenvalue weighted by molar-refractivity contribution is 6.30. The molecule has 39 heavy (non-hydrogen) atoms. The number of carboxylic acid groups (broad SMARTS) is 2. The van der Waals surface area contributed by atoms with Gasteiger partial charge in [0.2, 0.25) is 0 Å². The molecule has 0 saturated carbocycles. The molecule has 2 aromatic rings. The molecule has 0 aromatic heterocycles. The van der Waals surface area contributed by atoms with Crippen LogP contribution in [0.2, 0.25) is 5.02 Å². The zero-order chi connectivity index (χ0) is 27.9. The molecule has 10 nitrogen and oxygen atoms in total. The first-order chi connectivity index (χ1) is 18.7. The fourth-order valence-corrected chi connectivity index (χ4v) is 4.97. The molecule has 3 heterocycles. The van der Waals surface area contributed by atoms with Gasteiger partial charge in [0.25, 0.3) is 0 Å². The monoisotopic (exact) mass is 561 g/mol. The van der Waals surface area contributed by atoms with Gasteiger partial charge in [0.05, 0.1) is 6.54 Å². The fraction of sp³-hybridized carbons (Fsp3) is 0.370. The van der Waals surface area contributed by atoms with Crippen LogP contribution in [0.1, 0.15) is 17.2 Å². The molecule has 1 atom stereocenters. The van der Waals surface area contributed by atoms with Crippen molar-refractivity contribution in [1.82, 2.24) is 14.7 Å². The van der Waals surface area contributed by atoms with Crippen LogP contribution in [-0.2, 0) is 20.7 Å². The van der Waals surface area contributed by atoms with Crippen LogP contribution in [0.4, 0.5) is 9.18 Å². The Balaban J connectivity index is 0.000000386. The quantitative estimate of drug-likeness (QED) is 0.509. The number of hydrogen-bond acceptors (Lipinski definition) is 7. The number of amides is 1. The Kier molecular flexibility index (Phi) is 9.39. The Morgan fingerprint density at radius 1 is 0.974 bits per heavy atom. The Morgan fingerprint density at radius 3 is 2.31 bits per heavy atom. The first-order valence-electron chi connectivity index (χ1n) is 12.5. The van der Waals surface area contributed by atoms with E-state index in [0.717, 1.165) is 49.6 Å². The number of halogens is 2. The summed E-state index contributed by atoms with van der Waals surface area (Å²) in [6, 6.07) is 10.4. The molecule has 1 unspecified atom stereocenters. The van der Waals surface area contributed by atoms with Crippen LogP contribution in [-0.4, -0.2) is 95.4 Å². The number of hydrogen-bond donors (Lipinski definition) is 2. The average molecular weight is 562 g/mol. The molecular weight excluding hydrogens is 533 g/mol. The normalized spacial score (nSPS) is 19.3. The van der Waals surface area contributed by atoms with Crippen molar-refractivity contribution in [2.75, 3.05) is 52.4 Å². The van der Waals surface area contributed by atoms with Crippen molar-refractivity contribution in [3.63, 3.8) is 0 Å². The van der Waals surface area contributed by atoms with Crippen LogP contribution in [0.3, 0.4) is 0 Å². The van der Waals surface area contributed by atoms with Crippen LogP contribution in [0.25, 0.3) is 0 Å². The van der Waals surface area contributed by atoms with Crippen LogP contribution >= 0.6 is 11.6 Å². The summed E-state index contributed by atoms with van der Waals surface area (Å²) in [6.07, 6.45) is 1.62. The zero-order valence-electron chi connectivity index (χ0n) is 21.1. The van der Waals surface area contributed by atoms with Crippen molar-refractivity contribution in [2.24, 2.45) is 0 Å². The smallest absolute Gasteiger partial charge is 0.409 e. The second-order valence-corrected chi connectivity index (χ2v) is 9.68. The van der Waals surface area contributed by atoms with Crippen LogP contribution in [0, 0.1) is 5.82 Å². The SMILES string of the molecule is O=C(O)/C=C\C(=O)O.O=C1OCCN1CCN1CCN(C2Cc3cc(Cl)ccc3Oc3ccc(F)cc32)CC1. The van der Waals surface area contributed by atoms with E-state index in [2.05, 4.69) is 9.80 Å². The maximum absolute atomic E-state index is 14.2. The van der Waals surface area contributed by atoms with Gasteiger partial charge in [0.1, 0.15) is 23.9 Å². The molecule has 2 N–H and O–H groups in total. The van der Waals surface area contributed by atoms with E-state index < -0.39 is 11.9 Å². The number of carboxylic acids is 2. The third-order valence-corrected chi connectivity index (χ3v) is 6.97. The molecule has 0 spiro atoms. The molecule has 5 rings (SSSR count). The van der Waals surface area contributed by atoms with Crippen molar-refractivity contribution >= 4 is 29.6 Å². The first-order valence-corrected chi connectivity index (χ1v) is 12.8. The van der Waals surface area contributed by atoms with Crippen molar-refractivity contribution in [2.45, 2.75) is 12.5 Å². The predicted octanol–water partition coefficient (Wildman–Crippen LogP) is 3.65. The number of fused-ring (bicyclic) bond motifs is 2. The number of nitrogens with zero attached hydrogens (tertiary/aromatic N) is 3. The Morgan fingerprint density at radius 2 is 1.67 bits per heavy atom. The largest absolute Gasteiger partial charge is 0.478 e. The standard InChI is InChI=1S/C23H25ClFN3O3.C4H4O4/c24-17-1-3-21-16(13-17)14-20(19-15-18(25)2-4-22(19)31-21)27-8-5-26(6-9-27)7-10-28-11-12-30-23(28)29;5-3(6)1-2-4(7)8/h1-4,13,15,20H,5-12,14H2;1-2H,(H,5,6)(H,7,8)/b;2-1-. The molecule has 2 aromatic carbocycles. The summed E-state index contributed by atoms with van der Waals surface area (Å²) in [5.41, 5.74) is 1.91. The third kappa shape index (κ3) is 7.69. The minimum absolute atomic E-state index is 0.0149. The summed E-state index contributed by atoms with van der Waals surface area (Å²) >= 11 is 6.25. The lowest BCUT2D eigenvalue weighted by Gasteiger charge is -2.39. The van der Waals surface area contributed by atoms with Gasteiger partial charge in [0.15, 0.2) is 0 Å². The summed E-state index contributed by atoms with van der Waals surface area (Å²) in [5.74, 6) is -1.30. The van der Waals surface area contributed by atoms with Gasteiger partial charge in [-0.2, -0.15) is 0 Å². The van der Waals surface area contributed by atoms with E-state index >= 15 is 0 Å². The van der Waals surface area contributed by atoms with Crippen molar-refractivity contribution in [3.05, 3.63) is 70.5 Å². The van der Waals surface area contributed by atoms with E-state index in [1.54, 1.807) is 17.0 Å². The Bertz CT molecular complexity index is 1230. The maximum Gasteiger partial charge on any atom is 0.409 e. The number of aliphatic carboxylic acids is 2. The summed E-state index contributed by atoms with van der Waals surface area (Å²) in [6.45, 7) is 6.20. The van der Waals surface area contributed by atoms with Crippen molar-refractivity contribution in [1.29, 1.82) is 0 Å². The number of piperazine rings is 1. The topological polar surface area (TPSA) is 120 Å². The highest BCUT2D eigenvalue weighted by Gasteiger charge is 2.31. The molecule has 208 valence electrons. The van der Waals surface area contributed by atoms with Crippen LogP contribution < -0.4 is 4.74 Å². The van der Waals surface area contributed by atoms with E-state index in [9.17, 15) is 18.8 Å². The third-order valence-electron chi connectivity index (χ3n) is 6.73. The molecule has 0 radical (unpaired) electrons. The number of benzene rings is 2.